The number of rotatable bonds is 5. The fourth-order valence-corrected chi connectivity index (χ4v) is 3.87. The smallest absolute Gasteiger partial charge is 0.251 e. The maximum atomic E-state index is 12.1. The number of benzene rings is 1. The molecule has 0 spiro atoms. The molecule has 4 heterocycles. The van der Waals surface area contributed by atoms with Gasteiger partial charge in [-0.3, -0.25) is 9.48 Å². The van der Waals surface area contributed by atoms with E-state index < -0.39 is 0 Å². The highest BCUT2D eigenvalue weighted by Gasteiger charge is 2.21. The number of ether oxygens (including phenoxy) is 2. The molecule has 9 nitrogen and oxygen atoms in total. The van der Waals surface area contributed by atoms with E-state index in [1.54, 1.807) is 34.7 Å². The van der Waals surface area contributed by atoms with Crippen molar-refractivity contribution in [2.75, 3.05) is 20.3 Å². The maximum absolute atomic E-state index is 12.1. The predicted molar refractivity (Wildman–Crippen MR) is 118 cm³/mol. The van der Waals surface area contributed by atoms with Crippen molar-refractivity contribution in [2.45, 2.75) is 18.9 Å². The van der Waals surface area contributed by atoms with Gasteiger partial charge in [0.1, 0.15) is 6.10 Å². The summed E-state index contributed by atoms with van der Waals surface area (Å²) in [5.74, 6) is 0.384. The van der Waals surface area contributed by atoms with Gasteiger partial charge < -0.3 is 14.8 Å². The van der Waals surface area contributed by atoms with Crippen LogP contribution in [0.4, 0.5) is 0 Å². The third-order valence-electron chi connectivity index (χ3n) is 5.57. The first-order valence-electron chi connectivity index (χ1n) is 10.6. The monoisotopic (exact) mass is 432 g/mol. The van der Waals surface area contributed by atoms with Crippen molar-refractivity contribution in [1.29, 1.82) is 0 Å². The minimum absolute atomic E-state index is 0.0349. The SMILES string of the molecule is CNC(=O)c1cccc(-c2cnc3cc(-c4cnn(C)c4)c(OC4CCOCC4)nn23)c1. The topological polar surface area (TPSA) is 95.6 Å². The van der Waals surface area contributed by atoms with Crippen molar-refractivity contribution in [2.24, 2.45) is 7.05 Å². The van der Waals surface area contributed by atoms with E-state index >= 15 is 0 Å². The van der Waals surface area contributed by atoms with Crippen LogP contribution in [0.1, 0.15) is 23.2 Å². The van der Waals surface area contributed by atoms with E-state index in [-0.39, 0.29) is 12.0 Å². The van der Waals surface area contributed by atoms with Crippen molar-refractivity contribution >= 4 is 11.6 Å². The van der Waals surface area contributed by atoms with Gasteiger partial charge in [-0.2, -0.15) is 5.10 Å². The molecule has 0 radical (unpaired) electrons. The van der Waals surface area contributed by atoms with Crippen LogP contribution in [-0.2, 0) is 11.8 Å². The first-order chi connectivity index (χ1) is 15.6. The summed E-state index contributed by atoms with van der Waals surface area (Å²) in [4.78, 5) is 16.7. The number of hydrogen-bond donors (Lipinski definition) is 1. The number of nitrogens with zero attached hydrogens (tertiary/aromatic N) is 5. The number of aryl methyl sites for hydroxylation is 1. The highest BCUT2D eigenvalue weighted by atomic mass is 16.5. The third kappa shape index (κ3) is 3.82. The molecule has 1 aliphatic heterocycles. The van der Waals surface area contributed by atoms with Gasteiger partial charge in [0.2, 0.25) is 5.88 Å². The second-order valence-corrected chi connectivity index (χ2v) is 7.77. The Morgan fingerprint density at radius 1 is 1.19 bits per heavy atom. The molecule has 1 N–H and O–H groups in total. The molecule has 32 heavy (non-hydrogen) atoms. The van der Waals surface area contributed by atoms with E-state index in [0.717, 1.165) is 35.2 Å². The molecule has 0 bridgehead atoms. The van der Waals surface area contributed by atoms with Gasteiger partial charge in [0.05, 0.1) is 36.9 Å². The van der Waals surface area contributed by atoms with Gasteiger partial charge in [0, 0.05) is 49.8 Å². The van der Waals surface area contributed by atoms with E-state index in [1.165, 1.54) is 0 Å². The first kappa shape index (κ1) is 20.2. The Bertz CT molecular complexity index is 1270. The number of hydrogen-bond acceptors (Lipinski definition) is 6. The van der Waals surface area contributed by atoms with Gasteiger partial charge in [0.15, 0.2) is 5.65 Å². The summed E-state index contributed by atoms with van der Waals surface area (Å²) in [7, 11) is 3.49. The summed E-state index contributed by atoms with van der Waals surface area (Å²) in [6, 6.07) is 9.36. The van der Waals surface area contributed by atoms with Crippen LogP contribution in [0.3, 0.4) is 0 Å². The van der Waals surface area contributed by atoms with Crippen LogP contribution in [0.25, 0.3) is 28.0 Å². The predicted octanol–water partition coefficient (Wildman–Crippen LogP) is 2.71. The van der Waals surface area contributed by atoms with Gasteiger partial charge in [-0.05, 0) is 18.2 Å². The van der Waals surface area contributed by atoms with E-state index in [2.05, 4.69) is 15.4 Å². The molecular formula is C23H24N6O3. The number of fused-ring (bicyclic) bond motifs is 1. The zero-order valence-electron chi connectivity index (χ0n) is 18.0. The molecule has 1 aromatic carbocycles. The largest absolute Gasteiger partial charge is 0.473 e. The molecule has 3 aromatic heterocycles. The Morgan fingerprint density at radius 3 is 2.78 bits per heavy atom. The highest BCUT2D eigenvalue weighted by molar-refractivity contribution is 5.95. The minimum Gasteiger partial charge on any atom is -0.473 e. The van der Waals surface area contributed by atoms with E-state index in [0.29, 0.717) is 30.3 Å². The molecule has 0 unspecified atom stereocenters. The van der Waals surface area contributed by atoms with Crippen LogP contribution in [0.2, 0.25) is 0 Å². The lowest BCUT2D eigenvalue weighted by atomic mass is 10.1. The van der Waals surface area contributed by atoms with E-state index in [4.69, 9.17) is 14.6 Å². The van der Waals surface area contributed by atoms with Crippen molar-refractivity contribution in [3.63, 3.8) is 0 Å². The standard InChI is InChI=1S/C23H24N6O3/c1-24-22(30)16-5-3-4-15(10-16)20-13-25-21-11-19(17-12-26-28(2)14-17)23(27-29(20)21)32-18-6-8-31-9-7-18/h3-5,10-14,18H,6-9H2,1-2H3,(H,24,30). The van der Waals surface area contributed by atoms with Crippen molar-refractivity contribution in [1.82, 2.24) is 29.7 Å². The highest BCUT2D eigenvalue weighted by Crippen LogP contribution is 2.32. The zero-order valence-corrected chi connectivity index (χ0v) is 18.0. The Kier molecular flexibility index (Phi) is 5.32. The molecule has 0 saturated carbocycles. The molecule has 5 rings (SSSR count). The second-order valence-electron chi connectivity index (χ2n) is 7.77. The van der Waals surface area contributed by atoms with Crippen LogP contribution in [0.5, 0.6) is 5.88 Å². The Balaban J connectivity index is 1.61. The molecule has 164 valence electrons. The third-order valence-corrected chi connectivity index (χ3v) is 5.57. The lowest BCUT2D eigenvalue weighted by Crippen LogP contribution is -2.26. The Hall–Kier alpha value is -3.72. The van der Waals surface area contributed by atoms with Gasteiger partial charge in [-0.1, -0.05) is 12.1 Å². The van der Waals surface area contributed by atoms with Crippen LogP contribution in [0.15, 0.2) is 48.9 Å². The molecular weight excluding hydrogens is 408 g/mol. The van der Waals surface area contributed by atoms with Crippen LogP contribution >= 0.6 is 0 Å². The fraction of sp³-hybridized carbons (Fsp3) is 0.304. The molecule has 0 atom stereocenters. The van der Waals surface area contributed by atoms with E-state index in [9.17, 15) is 4.79 Å². The lowest BCUT2D eigenvalue weighted by molar-refractivity contribution is 0.0235. The summed E-state index contributed by atoms with van der Waals surface area (Å²) >= 11 is 0. The quantitative estimate of drug-likeness (QED) is 0.521. The van der Waals surface area contributed by atoms with Gasteiger partial charge in [0.25, 0.3) is 5.91 Å². The Labute approximate surface area is 185 Å². The molecule has 0 aliphatic carbocycles. The first-order valence-corrected chi connectivity index (χ1v) is 10.6. The molecule has 1 aliphatic rings. The number of imidazole rings is 1. The number of aromatic nitrogens is 5. The van der Waals surface area contributed by atoms with Crippen LogP contribution in [0, 0.1) is 0 Å². The molecule has 1 amide bonds. The average molecular weight is 432 g/mol. The summed E-state index contributed by atoms with van der Waals surface area (Å²) < 4.78 is 15.3. The normalized spacial score (nSPS) is 14.6. The van der Waals surface area contributed by atoms with Gasteiger partial charge in [-0.15, -0.1) is 5.10 Å². The molecule has 1 fully saturated rings. The number of carbonyl (C=O) groups excluding carboxylic acids is 1. The second kappa shape index (κ2) is 8.43. The van der Waals surface area contributed by atoms with E-state index in [1.807, 2.05) is 37.5 Å². The zero-order chi connectivity index (χ0) is 22.1. The average Bonchev–Trinajstić information content (AvgIpc) is 3.44. The Morgan fingerprint density at radius 2 is 2.03 bits per heavy atom. The molecule has 9 heteroatoms. The number of carbonyl (C=O) groups is 1. The summed E-state index contributed by atoms with van der Waals surface area (Å²) in [6.07, 6.45) is 7.15. The summed E-state index contributed by atoms with van der Waals surface area (Å²) in [5.41, 5.74) is 4.63. The summed E-state index contributed by atoms with van der Waals surface area (Å²) in [5, 5.41) is 11.8. The number of nitrogens with one attached hydrogen (secondary N) is 1. The van der Waals surface area contributed by atoms with Crippen molar-refractivity contribution in [3.8, 4) is 28.3 Å². The van der Waals surface area contributed by atoms with Crippen molar-refractivity contribution in [3.05, 3.63) is 54.5 Å². The molecule has 4 aromatic rings. The number of amides is 1. The van der Waals surface area contributed by atoms with Gasteiger partial charge >= 0.3 is 0 Å². The van der Waals surface area contributed by atoms with Crippen LogP contribution in [-0.4, -0.2) is 56.7 Å². The maximum Gasteiger partial charge on any atom is 0.251 e. The lowest BCUT2D eigenvalue weighted by Gasteiger charge is -2.23. The minimum atomic E-state index is -0.143. The van der Waals surface area contributed by atoms with Crippen molar-refractivity contribution < 1.29 is 14.3 Å². The van der Waals surface area contributed by atoms with Crippen LogP contribution < -0.4 is 10.1 Å². The molecule has 1 saturated heterocycles. The summed E-state index contributed by atoms with van der Waals surface area (Å²) in [6.45, 7) is 1.36. The fourth-order valence-electron chi connectivity index (χ4n) is 3.87. The van der Waals surface area contributed by atoms with Gasteiger partial charge in [-0.25, -0.2) is 9.50 Å².